The van der Waals surface area contributed by atoms with Crippen LogP contribution in [0.25, 0.3) is 0 Å². The van der Waals surface area contributed by atoms with Crippen LogP contribution in [0.1, 0.15) is 45.1 Å². The number of ether oxygens (including phenoxy) is 1. The molecule has 0 bridgehead atoms. The van der Waals surface area contributed by atoms with Crippen molar-refractivity contribution >= 4 is 18.2 Å². The Bertz CT molecular complexity index is 448. The molecule has 0 unspecified atom stereocenters. The smallest absolute Gasteiger partial charge is 0.293 e. The van der Waals surface area contributed by atoms with Gasteiger partial charge in [-0.1, -0.05) is 31.5 Å². The maximum Gasteiger partial charge on any atom is 0.293 e. The Hall–Kier alpha value is -1.04. The first-order chi connectivity index (χ1) is 11.2. The summed E-state index contributed by atoms with van der Waals surface area (Å²) in [4.78, 5) is 10.4. The largest absolute Gasteiger partial charge is 0.468 e. The third kappa shape index (κ3) is 6.94. The highest BCUT2D eigenvalue weighted by Gasteiger charge is 2.32. The number of hydrogen-bond donors (Lipinski definition) is 2. The van der Waals surface area contributed by atoms with Crippen LogP contribution in [0.2, 0.25) is 0 Å². The molecular formula is C18H29NO3S. The second-order valence-electron chi connectivity index (χ2n) is 5.53. The molecule has 23 heavy (non-hydrogen) atoms. The van der Waals surface area contributed by atoms with Crippen LogP contribution >= 0.6 is 11.8 Å². The van der Waals surface area contributed by atoms with Crippen molar-refractivity contribution < 1.29 is 14.6 Å². The molecule has 1 aromatic rings. The van der Waals surface area contributed by atoms with Crippen molar-refractivity contribution in [2.75, 3.05) is 25.4 Å². The first-order valence-corrected chi connectivity index (χ1v) is 9.37. The number of aliphatic hydroxyl groups is 1. The average Bonchev–Trinajstić information content (AvgIpc) is 2.57. The van der Waals surface area contributed by atoms with Gasteiger partial charge in [-0.2, -0.15) is 0 Å². The Labute approximate surface area is 144 Å². The number of carbonyl (C=O) groups excluding carboxylic acids is 1. The van der Waals surface area contributed by atoms with Crippen LogP contribution in [0, 0.1) is 0 Å². The molecule has 1 saturated heterocycles. The Morgan fingerprint density at radius 1 is 1.30 bits per heavy atom. The fraction of sp³-hybridized carbons (Fsp3) is 0.611. The number of unbranched alkanes of at least 4 members (excludes halogenated alkanes) is 1. The fourth-order valence-corrected chi connectivity index (χ4v) is 3.72. The van der Waals surface area contributed by atoms with Gasteiger partial charge in [0.25, 0.3) is 6.47 Å². The Balaban J connectivity index is 0.000000463. The van der Waals surface area contributed by atoms with Crippen LogP contribution in [0.5, 0.6) is 0 Å². The SMILES string of the molecule is CCCCSc1ccccc1C1(O)CCNCC1.CCOC=O. The summed E-state index contributed by atoms with van der Waals surface area (Å²) >= 11 is 1.88. The lowest BCUT2D eigenvalue weighted by Crippen LogP contribution is -2.40. The topological polar surface area (TPSA) is 58.6 Å². The van der Waals surface area contributed by atoms with Crippen LogP contribution in [0.3, 0.4) is 0 Å². The molecule has 130 valence electrons. The summed E-state index contributed by atoms with van der Waals surface area (Å²) in [5, 5.41) is 14.1. The van der Waals surface area contributed by atoms with Gasteiger partial charge in [-0.05, 0) is 56.7 Å². The summed E-state index contributed by atoms with van der Waals surface area (Å²) in [6.07, 6.45) is 4.10. The van der Waals surface area contributed by atoms with Gasteiger partial charge in [0.1, 0.15) is 0 Å². The number of benzene rings is 1. The molecule has 1 heterocycles. The van der Waals surface area contributed by atoms with E-state index in [0.717, 1.165) is 37.2 Å². The van der Waals surface area contributed by atoms with E-state index in [0.29, 0.717) is 13.1 Å². The van der Waals surface area contributed by atoms with E-state index in [1.807, 2.05) is 17.8 Å². The van der Waals surface area contributed by atoms with Crippen LogP contribution in [0.4, 0.5) is 0 Å². The van der Waals surface area contributed by atoms with Gasteiger partial charge in [-0.15, -0.1) is 11.8 Å². The molecule has 0 atom stereocenters. The average molecular weight is 340 g/mol. The van der Waals surface area contributed by atoms with E-state index in [-0.39, 0.29) is 0 Å². The van der Waals surface area contributed by atoms with E-state index < -0.39 is 5.60 Å². The third-order valence-electron chi connectivity index (χ3n) is 3.81. The van der Waals surface area contributed by atoms with E-state index in [2.05, 4.69) is 35.2 Å². The van der Waals surface area contributed by atoms with Gasteiger partial charge in [-0.25, -0.2) is 0 Å². The molecule has 0 saturated carbocycles. The van der Waals surface area contributed by atoms with Crippen LogP contribution in [-0.2, 0) is 15.1 Å². The third-order valence-corrected chi connectivity index (χ3v) is 4.97. The van der Waals surface area contributed by atoms with Crippen LogP contribution in [0.15, 0.2) is 29.2 Å². The fourth-order valence-electron chi connectivity index (χ4n) is 2.48. The predicted octanol–water partition coefficient (Wildman–Crippen LogP) is 3.33. The highest BCUT2D eigenvalue weighted by atomic mass is 32.2. The molecule has 1 fully saturated rings. The van der Waals surface area contributed by atoms with Gasteiger partial charge in [0.05, 0.1) is 12.2 Å². The van der Waals surface area contributed by atoms with Crippen molar-refractivity contribution in [2.24, 2.45) is 0 Å². The minimum atomic E-state index is -0.624. The number of carbonyl (C=O) groups is 1. The van der Waals surface area contributed by atoms with E-state index >= 15 is 0 Å². The van der Waals surface area contributed by atoms with Crippen molar-refractivity contribution in [3.05, 3.63) is 29.8 Å². The summed E-state index contributed by atoms with van der Waals surface area (Å²) in [7, 11) is 0. The summed E-state index contributed by atoms with van der Waals surface area (Å²) in [6.45, 7) is 6.69. The van der Waals surface area contributed by atoms with Crippen molar-refractivity contribution in [1.82, 2.24) is 5.32 Å². The summed E-state index contributed by atoms with van der Waals surface area (Å²) < 4.78 is 4.15. The lowest BCUT2D eigenvalue weighted by atomic mass is 9.85. The van der Waals surface area contributed by atoms with E-state index in [1.165, 1.54) is 17.7 Å². The van der Waals surface area contributed by atoms with Gasteiger partial charge >= 0.3 is 0 Å². The molecule has 1 aliphatic rings. The molecular weight excluding hydrogens is 310 g/mol. The Morgan fingerprint density at radius 2 is 2.00 bits per heavy atom. The minimum absolute atomic E-state index is 0.431. The van der Waals surface area contributed by atoms with Crippen molar-refractivity contribution in [3.8, 4) is 0 Å². The van der Waals surface area contributed by atoms with E-state index in [4.69, 9.17) is 0 Å². The normalized spacial score (nSPS) is 16.1. The molecule has 0 radical (unpaired) electrons. The zero-order valence-electron chi connectivity index (χ0n) is 14.2. The maximum absolute atomic E-state index is 10.8. The number of piperidine rings is 1. The highest BCUT2D eigenvalue weighted by molar-refractivity contribution is 7.99. The predicted molar refractivity (Wildman–Crippen MR) is 95.8 cm³/mol. The Kier molecular flexibility index (Phi) is 9.99. The second-order valence-corrected chi connectivity index (χ2v) is 6.67. The molecule has 0 amide bonds. The van der Waals surface area contributed by atoms with Crippen LogP contribution in [-0.4, -0.2) is 37.0 Å². The standard InChI is InChI=1S/C15H23NOS.C3H6O2/c1-2-3-12-18-14-7-5-4-6-13(14)15(17)8-10-16-11-9-15;1-2-5-3-4/h4-7,16-17H,2-3,8-12H2,1H3;3H,2H2,1H3. The minimum Gasteiger partial charge on any atom is -0.468 e. The lowest BCUT2D eigenvalue weighted by molar-refractivity contribution is -0.128. The van der Waals surface area contributed by atoms with E-state index in [9.17, 15) is 9.90 Å². The molecule has 2 rings (SSSR count). The monoisotopic (exact) mass is 339 g/mol. The quantitative estimate of drug-likeness (QED) is 0.453. The lowest BCUT2D eigenvalue weighted by Gasteiger charge is -2.34. The molecule has 4 nitrogen and oxygen atoms in total. The van der Waals surface area contributed by atoms with Gasteiger partial charge in [0.2, 0.25) is 0 Å². The van der Waals surface area contributed by atoms with Gasteiger partial charge in [0, 0.05) is 4.90 Å². The molecule has 5 heteroatoms. The molecule has 0 aromatic heterocycles. The molecule has 0 spiro atoms. The van der Waals surface area contributed by atoms with Crippen LogP contribution < -0.4 is 5.32 Å². The Morgan fingerprint density at radius 3 is 2.57 bits per heavy atom. The molecule has 1 aromatic carbocycles. The molecule has 1 aliphatic heterocycles. The van der Waals surface area contributed by atoms with Gasteiger partial charge in [0.15, 0.2) is 0 Å². The first kappa shape index (κ1) is 20.0. The van der Waals surface area contributed by atoms with Crippen molar-refractivity contribution in [2.45, 2.75) is 50.0 Å². The number of hydrogen-bond acceptors (Lipinski definition) is 5. The first-order valence-electron chi connectivity index (χ1n) is 8.38. The van der Waals surface area contributed by atoms with Gasteiger partial charge < -0.3 is 15.2 Å². The summed E-state index contributed by atoms with van der Waals surface area (Å²) in [5.41, 5.74) is 0.508. The van der Waals surface area contributed by atoms with E-state index in [1.54, 1.807) is 6.92 Å². The maximum atomic E-state index is 10.8. The molecule has 0 aliphatic carbocycles. The second kappa shape index (κ2) is 11.5. The number of thioether (sulfide) groups is 1. The molecule has 2 N–H and O–H groups in total. The van der Waals surface area contributed by atoms with Crippen molar-refractivity contribution in [3.63, 3.8) is 0 Å². The van der Waals surface area contributed by atoms with Gasteiger partial charge in [-0.3, -0.25) is 4.79 Å². The number of nitrogens with one attached hydrogen (secondary N) is 1. The highest BCUT2D eigenvalue weighted by Crippen LogP contribution is 2.37. The van der Waals surface area contributed by atoms with Crippen molar-refractivity contribution in [1.29, 1.82) is 0 Å². The number of rotatable bonds is 7. The summed E-state index contributed by atoms with van der Waals surface area (Å²) in [5.74, 6) is 1.14. The summed E-state index contributed by atoms with van der Waals surface area (Å²) in [6, 6.07) is 8.36. The zero-order chi connectivity index (χ0) is 17.0. The zero-order valence-corrected chi connectivity index (χ0v) is 15.0.